The molecule has 0 atom stereocenters. The summed E-state index contributed by atoms with van der Waals surface area (Å²) < 4.78 is 4.95. The molecule has 2 aromatic carbocycles. The number of aryl methyl sites for hydroxylation is 2. The number of hydrogen-bond acceptors (Lipinski definition) is 7. The number of nitrogens with zero attached hydrogens (tertiary/aromatic N) is 2. The van der Waals surface area contributed by atoms with Crippen molar-refractivity contribution in [3.63, 3.8) is 0 Å². The highest BCUT2D eigenvalue weighted by molar-refractivity contribution is 8.18. The standard InChI is InChI=1S/C21H19N3O6S/c1-12-4-6-15(8-13(12)2)22-19(25)11-23-20(26)18(31-21(23)27)10-14-5-7-17(30-3)16(9-14)24(28)29/h4-10H,11H2,1-3H3,(H,22,25)/b18-10+. The fourth-order valence-electron chi connectivity index (χ4n) is 2.89. The number of benzene rings is 2. The normalized spacial score (nSPS) is 14.8. The van der Waals surface area contributed by atoms with Crippen molar-refractivity contribution in [2.75, 3.05) is 19.0 Å². The van der Waals surface area contributed by atoms with Crippen molar-refractivity contribution < 1.29 is 24.0 Å². The first-order valence-corrected chi connectivity index (χ1v) is 9.96. The van der Waals surface area contributed by atoms with Gasteiger partial charge >= 0.3 is 5.69 Å². The molecule has 0 saturated carbocycles. The molecule has 1 aliphatic heterocycles. The molecular formula is C21H19N3O6S. The Hall–Kier alpha value is -3.66. The van der Waals surface area contributed by atoms with Crippen molar-refractivity contribution in [2.45, 2.75) is 13.8 Å². The van der Waals surface area contributed by atoms with Gasteiger partial charge in [0.15, 0.2) is 5.75 Å². The summed E-state index contributed by atoms with van der Waals surface area (Å²) in [7, 11) is 1.32. The molecule has 0 aromatic heterocycles. The van der Waals surface area contributed by atoms with Crippen LogP contribution in [0.1, 0.15) is 16.7 Å². The minimum Gasteiger partial charge on any atom is -0.490 e. The molecule has 1 heterocycles. The van der Waals surface area contributed by atoms with Crippen molar-refractivity contribution in [1.29, 1.82) is 0 Å². The largest absolute Gasteiger partial charge is 0.490 e. The van der Waals surface area contributed by atoms with Crippen molar-refractivity contribution in [3.8, 4) is 5.75 Å². The van der Waals surface area contributed by atoms with Gasteiger partial charge in [0.2, 0.25) is 5.91 Å². The lowest BCUT2D eigenvalue weighted by atomic mass is 10.1. The highest BCUT2D eigenvalue weighted by Crippen LogP contribution is 2.34. The molecule has 1 fully saturated rings. The van der Waals surface area contributed by atoms with Crippen molar-refractivity contribution in [1.82, 2.24) is 4.90 Å². The molecule has 31 heavy (non-hydrogen) atoms. The van der Waals surface area contributed by atoms with E-state index in [0.29, 0.717) is 23.0 Å². The first-order valence-electron chi connectivity index (χ1n) is 9.14. The number of carbonyl (C=O) groups excluding carboxylic acids is 3. The fourth-order valence-corrected chi connectivity index (χ4v) is 3.73. The molecule has 1 N–H and O–H groups in total. The average Bonchev–Trinajstić information content (AvgIpc) is 2.98. The summed E-state index contributed by atoms with van der Waals surface area (Å²) in [5.74, 6) is -1.06. The Morgan fingerprint density at radius 1 is 1.19 bits per heavy atom. The van der Waals surface area contributed by atoms with Crippen molar-refractivity contribution in [2.24, 2.45) is 0 Å². The molecule has 0 radical (unpaired) electrons. The van der Waals surface area contributed by atoms with E-state index in [2.05, 4.69) is 5.32 Å². The zero-order valence-corrected chi connectivity index (χ0v) is 17.8. The molecule has 10 heteroatoms. The molecule has 1 aliphatic rings. The summed E-state index contributed by atoms with van der Waals surface area (Å²) in [6.07, 6.45) is 1.37. The van der Waals surface area contributed by atoms with Gasteiger partial charge in [-0.2, -0.15) is 0 Å². The summed E-state index contributed by atoms with van der Waals surface area (Å²) in [6.45, 7) is 3.43. The SMILES string of the molecule is COc1ccc(/C=C2/SC(=O)N(CC(=O)Nc3ccc(C)c(C)c3)C2=O)cc1[N+](=O)[O-]. The van der Waals surface area contributed by atoms with Crippen LogP contribution >= 0.6 is 11.8 Å². The van der Waals surface area contributed by atoms with Gasteiger partial charge in [-0.3, -0.25) is 29.4 Å². The maximum atomic E-state index is 12.6. The first-order chi connectivity index (χ1) is 14.7. The van der Waals surface area contributed by atoms with Crippen LogP contribution in [0.2, 0.25) is 0 Å². The van der Waals surface area contributed by atoms with Crippen LogP contribution in [-0.2, 0) is 9.59 Å². The topological polar surface area (TPSA) is 119 Å². The van der Waals surface area contributed by atoms with Crippen LogP contribution in [0.15, 0.2) is 41.3 Å². The smallest absolute Gasteiger partial charge is 0.311 e. The van der Waals surface area contributed by atoms with E-state index in [-0.39, 0.29) is 16.3 Å². The lowest BCUT2D eigenvalue weighted by Crippen LogP contribution is -2.36. The van der Waals surface area contributed by atoms with Crippen LogP contribution < -0.4 is 10.1 Å². The van der Waals surface area contributed by atoms with Gasteiger partial charge < -0.3 is 10.1 Å². The third-order valence-corrected chi connectivity index (χ3v) is 5.57. The Kier molecular flexibility index (Phi) is 6.40. The Labute approximate surface area is 182 Å². The number of carbonyl (C=O) groups is 3. The van der Waals surface area contributed by atoms with E-state index in [1.54, 1.807) is 12.1 Å². The second kappa shape index (κ2) is 9.00. The van der Waals surface area contributed by atoms with Gasteiger partial charge in [-0.25, -0.2) is 0 Å². The highest BCUT2D eigenvalue weighted by Gasteiger charge is 2.36. The predicted molar refractivity (Wildman–Crippen MR) is 117 cm³/mol. The van der Waals surface area contributed by atoms with E-state index in [1.807, 2.05) is 19.9 Å². The lowest BCUT2D eigenvalue weighted by Gasteiger charge is -2.13. The third kappa shape index (κ3) is 4.92. The fraction of sp³-hybridized carbons (Fsp3) is 0.190. The first kappa shape index (κ1) is 22.0. The maximum Gasteiger partial charge on any atom is 0.311 e. The van der Waals surface area contributed by atoms with Crippen LogP contribution in [0.4, 0.5) is 16.2 Å². The summed E-state index contributed by atoms with van der Waals surface area (Å²) in [6, 6.07) is 9.60. The number of ether oxygens (including phenoxy) is 1. The second-order valence-corrected chi connectivity index (χ2v) is 7.80. The van der Waals surface area contributed by atoms with E-state index < -0.39 is 28.5 Å². The zero-order chi connectivity index (χ0) is 22.7. The van der Waals surface area contributed by atoms with Crippen LogP contribution in [0.5, 0.6) is 5.75 Å². The van der Waals surface area contributed by atoms with E-state index in [1.165, 1.54) is 31.4 Å². The minimum atomic E-state index is -0.635. The van der Waals surface area contributed by atoms with Crippen molar-refractivity contribution >= 4 is 46.3 Å². The van der Waals surface area contributed by atoms with E-state index in [9.17, 15) is 24.5 Å². The number of anilines is 1. The summed E-state index contributed by atoms with van der Waals surface area (Å²) in [5.41, 5.74) is 2.75. The number of nitro benzene ring substituents is 1. The van der Waals surface area contributed by atoms with Crippen LogP contribution in [0.3, 0.4) is 0 Å². The minimum absolute atomic E-state index is 0.0726. The maximum absolute atomic E-state index is 12.6. The number of amides is 3. The number of thioether (sulfide) groups is 1. The van der Waals surface area contributed by atoms with Crippen LogP contribution in [0.25, 0.3) is 6.08 Å². The Morgan fingerprint density at radius 2 is 1.94 bits per heavy atom. The second-order valence-electron chi connectivity index (χ2n) is 6.80. The quantitative estimate of drug-likeness (QED) is 0.410. The highest BCUT2D eigenvalue weighted by atomic mass is 32.2. The van der Waals surface area contributed by atoms with Gasteiger partial charge in [0, 0.05) is 11.8 Å². The molecule has 3 rings (SSSR count). The van der Waals surface area contributed by atoms with Gasteiger partial charge in [-0.15, -0.1) is 0 Å². The Bertz CT molecular complexity index is 1130. The number of imide groups is 1. The number of nitrogens with one attached hydrogen (secondary N) is 1. The number of methoxy groups -OCH3 is 1. The molecule has 3 amide bonds. The summed E-state index contributed by atoms with van der Waals surface area (Å²) in [4.78, 5) is 48.7. The Balaban J connectivity index is 1.74. The molecule has 1 saturated heterocycles. The Morgan fingerprint density at radius 3 is 2.58 bits per heavy atom. The third-order valence-electron chi connectivity index (χ3n) is 4.66. The molecular weight excluding hydrogens is 422 g/mol. The molecule has 0 spiro atoms. The summed E-state index contributed by atoms with van der Waals surface area (Å²) in [5, 5.41) is 13.3. The van der Waals surface area contributed by atoms with Crippen LogP contribution in [0, 0.1) is 24.0 Å². The average molecular weight is 441 g/mol. The van der Waals surface area contributed by atoms with E-state index >= 15 is 0 Å². The molecule has 160 valence electrons. The number of nitro groups is 1. The molecule has 0 aliphatic carbocycles. The van der Waals surface area contributed by atoms with Gasteiger partial charge in [0.25, 0.3) is 11.1 Å². The van der Waals surface area contributed by atoms with Gasteiger partial charge in [-0.05, 0) is 66.6 Å². The van der Waals surface area contributed by atoms with E-state index in [4.69, 9.17) is 4.74 Å². The lowest BCUT2D eigenvalue weighted by molar-refractivity contribution is -0.385. The van der Waals surface area contributed by atoms with Crippen molar-refractivity contribution in [3.05, 3.63) is 68.1 Å². The number of rotatable bonds is 6. The van der Waals surface area contributed by atoms with Gasteiger partial charge in [-0.1, -0.05) is 12.1 Å². The number of hydrogen-bond donors (Lipinski definition) is 1. The predicted octanol–water partition coefficient (Wildman–Crippen LogP) is 3.90. The van der Waals surface area contributed by atoms with Gasteiger partial charge in [0.1, 0.15) is 6.54 Å². The van der Waals surface area contributed by atoms with Crippen LogP contribution in [-0.4, -0.2) is 40.5 Å². The summed E-state index contributed by atoms with van der Waals surface area (Å²) >= 11 is 0.671. The molecule has 2 aromatic rings. The molecule has 0 unspecified atom stereocenters. The van der Waals surface area contributed by atoms with Gasteiger partial charge in [0.05, 0.1) is 16.9 Å². The molecule has 9 nitrogen and oxygen atoms in total. The monoisotopic (exact) mass is 441 g/mol. The van der Waals surface area contributed by atoms with E-state index in [0.717, 1.165) is 16.0 Å². The molecule has 0 bridgehead atoms. The zero-order valence-electron chi connectivity index (χ0n) is 17.0.